The highest BCUT2D eigenvalue weighted by atomic mass is 32.2. The monoisotopic (exact) mass is 511 g/mol. The summed E-state index contributed by atoms with van der Waals surface area (Å²) in [7, 11) is -1.89. The Morgan fingerprint density at radius 1 is 0.972 bits per heavy atom. The molecule has 9 heteroatoms. The van der Waals surface area contributed by atoms with Crippen LogP contribution in [0.2, 0.25) is 0 Å². The van der Waals surface area contributed by atoms with Gasteiger partial charge in [-0.15, -0.1) is 0 Å². The minimum absolute atomic E-state index is 0.279. The standard InChI is InChI=1S/C27H37N5O3S/c1-3-4-8-17-31-18-20-32(21-19-31)36(33,34)28-16-15-25-26(22-11-13-24(35-2)14-12-22)30-27(29-25)23-9-6-5-7-10-23/h5-7,9-14,28H,3-4,8,15-21H2,1-2H3,(H,29,30). The predicted octanol–water partition coefficient (Wildman–Crippen LogP) is 3.94. The molecule has 2 N–H and O–H groups in total. The van der Waals surface area contributed by atoms with Gasteiger partial charge in [0.1, 0.15) is 11.6 Å². The first-order valence-electron chi connectivity index (χ1n) is 12.8. The number of unbranched alkanes of at least 4 members (excludes halogenated alkanes) is 2. The normalized spacial score (nSPS) is 15.3. The Hall–Kier alpha value is -2.72. The number of hydrogen-bond donors (Lipinski definition) is 2. The topological polar surface area (TPSA) is 90.6 Å². The Kier molecular flexibility index (Phi) is 9.14. The minimum Gasteiger partial charge on any atom is -0.497 e. The van der Waals surface area contributed by atoms with Crippen molar-refractivity contribution in [2.45, 2.75) is 32.6 Å². The molecule has 0 bridgehead atoms. The quantitative estimate of drug-likeness (QED) is 0.360. The van der Waals surface area contributed by atoms with Crippen molar-refractivity contribution in [2.75, 3.05) is 46.4 Å². The van der Waals surface area contributed by atoms with Crippen molar-refractivity contribution >= 4 is 10.2 Å². The summed E-state index contributed by atoms with van der Waals surface area (Å²) in [6.45, 7) is 6.14. The van der Waals surface area contributed by atoms with Gasteiger partial charge in [0.25, 0.3) is 10.2 Å². The molecule has 1 aromatic heterocycles. The fourth-order valence-corrected chi connectivity index (χ4v) is 5.67. The van der Waals surface area contributed by atoms with Gasteiger partial charge in [-0.1, -0.05) is 50.1 Å². The lowest BCUT2D eigenvalue weighted by atomic mass is 10.1. The predicted molar refractivity (Wildman–Crippen MR) is 144 cm³/mol. The van der Waals surface area contributed by atoms with Crippen molar-refractivity contribution < 1.29 is 13.2 Å². The van der Waals surface area contributed by atoms with E-state index in [0.717, 1.165) is 53.7 Å². The van der Waals surface area contributed by atoms with Crippen LogP contribution in [0.4, 0.5) is 0 Å². The van der Waals surface area contributed by atoms with Crippen LogP contribution in [0.5, 0.6) is 5.75 Å². The number of imidazole rings is 1. The van der Waals surface area contributed by atoms with E-state index in [4.69, 9.17) is 9.72 Å². The Morgan fingerprint density at radius 2 is 1.69 bits per heavy atom. The Labute approximate surface area is 214 Å². The average Bonchev–Trinajstić information content (AvgIpc) is 3.34. The second-order valence-corrected chi connectivity index (χ2v) is 10.9. The third-order valence-corrected chi connectivity index (χ3v) is 8.21. The van der Waals surface area contributed by atoms with Gasteiger partial charge in [-0.3, -0.25) is 0 Å². The molecule has 0 spiro atoms. The summed E-state index contributed by atoms with van der Waals surface area (Å²) < 4.78 is 35.5. The Morgan fingerprint density at radius 3 is 2.36 bits per heavy atom. The number of rotatable bonds is 12. The summed E-state index contributed by atoms with van der Waals surface area (Å²) in [4.78, 5) is 10.6. The molecule has 0 radical (unpaired) electrons. The van der Waals surface area contributed by atoms with E-state index >= 15 is 0 Å². The van der Waals surface area contributed by atoms with Crippen molar-refractivity contribution in [3.8, 4) is 28.4 Å². The van der Waals surface area contributed by atoms with E-state index in [2.05, 4.69) is 21.5 Å². The van der Waals surface area contributed by atoms with E-state index in [0.29, 0.717) is 19.5 Å². The van der Waals surface area contributed by atoms with Gasteiger partial charge in [0.2, 0.25) is 0 Å². The lowest BCUT2D eigenvalue weighted by Crippen LogP contribution is -2.52. The molecule has 4 rings (SSSR count). The van der Waals surface area contributed by atoms with Gasteiger partial charge in [-0.25, -0.2) is 9.71 Å². The Bertz CT molecular complexity index is 1190. The second-order valence-electron chi connectivity index (χ2n) is 9.10. The highest BCUT2D eigenvalue weighted by Crippen LogP contribution is 2.28. The smallest absolute Gasteiger partial charge is 0.279 e. The lowest BCUT2D eigenvalue weighted by molar-refractivity contribution is 0.184. The van der Waals surface area contributed by atoms with Gasteiger partial charge in [0.15, 0.2) is 0 Å². The summed E-state index contributed by atoms with van der Waals surface area (Å²) in [5.41, 5.74) is 3.66. The van der Waals surface area contributed by atoms with Crippen molar-refractivity contribution in [2.24, 2.45) is 0 Å². The number of ether oxygens (including phenoxy) is 1. The number of nitrogens with one attached hydrogen (secondary N) is 2. The van der Waals surface area contributed by atoms with Gasteiger partial charge in [-0.05, 0) is 37.2 Å². The van der Waals surface area contributed by atoms with Gasteiger partial charge in [0.05, 0.1) is 18.5 Å². The van der Waals surface area contributed by atoms with Crippen LogP contribution in [0.3, 0.4) is 0 Å². The molecule has 1 aliphatic heterocycles. The number of H-pyrrole nitrogens is 1. The van der Waals surface area contributed by atoms with Crippen molar-refractivity contribution in [1.29, 1.82) is 0 Å². The zero-order valence-corrected chi connectivity index (χ0v) is 22.1. The van der Waals surface area contributed by atoms with Gasteiger partial charge >= 0.3 is 0 Å². The maximum atomic E-state index is 12.9. The zero-order valence-electron chi connectivity index (χ0n) is 21.2. The molecule has 1 aliphatic rings. The van der Waals surface area contributed by atoms with E-state index in [1.807, 2.05) is 54.6 Å². The summed E-state index contributed by atoms with van der Waals surface area (Å²) in [5.74, 6) is 1.54. The molecule has 0 aliphatic carbocycles. The van der Waals surface area contributed by atoms with E-state index in [9.17, 15) is 8.42 Å². The molecule has 0 unspecified atom stereocenters. The number of aromatic nitrogens is 2. The third kappa shape index (κ3) is 6.73. The third-order valence-electron chi connectivity index (χ3n) is 6.60. The zero-order chi connectivity index (χ0) is 25.4. The van der Waals surface area contributed by atoms with Crippen LogP contribution in [-0.2, 0) is 16.6 Å². The maximum absolute atomic E-state index is 12.9. The molecule has 8 nitrogen and oxygen atoms in total. The fourth-order valence-electron chi connectivity index (χ4n) is 4.49. The van der Waals surface area contributed by atoms with Crippen LogP contribution in [0.1, 0.15) is 31.9 Å². The van der Waals surface area contributed by atoms with Crippen LogP contribution in [-0.4, -0.2) is 74.0 Å². The first-order chi connectivity index (χ1) is 17.5. The van der Waals surface area contributed by atoms with E-state index in [1.165, 1.54) is 19.3 Å². The molecule has 1 fully saturated rings. The van der Waals surface area contributed by atoms with E-state index in [-0.39, 0.29) is 6.54 Å². The highest BCUT2D eigenvalue weighted by Gasteiger charge is 2.26. The molecular weight excluding hydrogens is 474 g/mol. The van der Waals surface area contributed by atoms with Crippen LogP contribution in [0.15, 0.2) is 54.6 Å². The molecular formula is C27H37N5O3S. The largest absolute Gasteiger partial charge is 0.497 e. The number of benzene rings is 2. The summed E-state index contributed by atoms with van der Waals surface area (Å²) in [6.07, 6.45) is 4.06. The average molecular weight is 512 g/mol. The SMILES string of the molecule is CCCCCN1CCN(S(=O)(=O)NCCc2nc(-c3ccccc3)[nH]c2-c2ccc(OC)cc2)CC1. The fraction of sp³-hybridized carbons (Fsp3) is 0.444. The highest BCUT2D eigenvalue weighted by molar-refractivity contribution is 7.87. The van der Waals surface area contributed by atoms with Crippen molar-refractivity contribution in [3.05, 3.63) is 60.3 Å². The molecule has 2 aromatic carbocycles. The molecule has 36 heavy (non-hydrogen) atoms. The maximum Gasteiger partial charge on any atom is 0.279 e. The molecule has 0 atom stereocenters. The second kappa shape index (κ2) is 12.5. The molecule has 0 amide bonds. The molecule has 1 saturated heterocycles. The van der Waals surface area contributed by atoms with Crippen LogP contribution in [0, 0.1) is 0 Å². The van der Waals surface area contributed by atoms with Crippen LogP contribution < -0.4 is 9.46 Å². The first kappa shape index (κ1) is 26.3. The van der Waals surface area contributed by atoms with E-state index < -0.39 is 10.2 Å². The summed E-state index contributed by atoms with van der Waals surface area (Å²) >= 11 is 0. The van der Waals surface area contributed by atoms with Gasteiger partial charge in [0, 0.05) is 50.3 Å². The minimum atomic E-state index is -3.53. The van der Waals surface area contributed by atoms with E-state index in [1.54, 1.807) is 11.4 Å². The molecule has 3 aromatic rings. The summed E-state index contributed by atoms with van der Waals surface area (Å²) in [5, 5.41) is 0. The van der Waals surface area contributed by atoms with Crippen molar-refractivity contribution in [1.82, 2.24) is 23.9 Å². The van der Waals surface area contributed by atoms with Crippen LogP contribution in [0.25, 0.3) is 22.6 Å². The van der Waals surface area contributed by atoms with Crippen molar-refractivity contribution in [3.63, 3.8) is 0 Å². The number of piperazine rings is 1. The summed E-state index contributed by atoms with van der Waals surface area (Å²) in [6, 6.07) is 17.7. The van der Waals surface area contributed by atoms with Gasteiger partial charge < -0.3 is 14.6 Å². The number of aromatic amines is 1. The van der Waals surface area contributed by atoms with Gasteiger partial charge in [-0.2, -0.15) is 12.7 Å². The first-order valence-corrected chi connectivity index (χ1v) is 14.2. The number of hydrogen-bond acceptors (Lipinski definition) is 5. The number of methoxy groups -OCH3 is 1. The van der Waals surface area contributed by atoms with Crippen LogP contribution >= 0.6 is 0 Å². The molecule has 0 saturated carbocycles. The Balaban J connectivity index is 1.41. The molecule has 194 valence electrons. The lowest BCUT2D eigenvalue weighted by Gasteiger charge is -2.33. The molecule has 2 heterocycles. The number of nitrogens with zero attached hydrogens (tertiary/aromatic N) is 3.